The van der Waals surface area contributed by atoms with Crippen molar-refractivity contribution in [3.8, 4) is 0 Å². The van der Waals surface area contributed by atoms with Crippen LogP contribution >= 0.6 is 0 Å². The molecule has 0 aromatic heterocycles. The van der Waals surface area contributed by atoms with Gasteiger partial charge in [-0.2, -0.15) is 0 Å². The molecule has 0 bridgehead atoms. The summed E-state index contributed by atoms with van der Waals surface area (Å²) in [5.74, 6) is -0.929. The third kappa shape index (κ3) is 5.22. The lowest BCUT2D eigenvalue weighted by atomic mass is 10.1. The molecule has 0 N–H and O–H groups in total. The molecule has 1 atom stereocenters. The predicted octanol–water partition coefficient (Wildman–Crippen LogP) is 2.62. The van der Waals surface area contributed by atoms with Gasteiger partial charge in [-0.25, -0.2) is 8.78 Å². The molecule has 0 spiro atoms. The summed E-state index contributed by atoms with van der Waals surface area (Å²) in [4.78, 5) is 18.9. The van der Waals surface area contributed by atoms with Gasteiger partial charge < -0.3 is 9.64 Å². The van der Waals surface area contributed by atoms with Crippen LogP contribution in [-0.4, -0.2) is 79.1 Å². The van der Waals surface area contributed by atoms with Crippen LogP contribution in [0, 0.1) is 11.6 Å². The molecule has 0 saturated carbocycles. The first-order valence-electron chi connectivity index (χ1n) is 10.4. The fraction of sp³-hybridized carbons (Fsp3) is 0.435. The Hall–Kier alpha value is -2.35. The molecule has 160 valence electrons. The highest BCUT2D eigenvalue weighted by Gasteiger charge is 2.27. The Morgan fingerprint density at radius 2 is 1.77 bits per heavy atom. The number of morpholine rings is 1. The number of nitrogens with zero attached hydrogens (tertiary/aromatic N) is 3. The van der Waals surface area contributed by atoms with Crippen molar-refractivity contribution >= 4 is 5.91 Å². The second kappa shape index (κ2) is 9.64. The van der Waals surface area contributed by atoms with E-state index in [9.17, 15) is 13.6 Å². The molecule has 2 aliphatic heterocycles. The number of amides is 1. The highest BCUT2D eigenvalue weighted by atomic mass is 19.1. The second-order valence-corrected chi connectivity index (χ2v) is 7.93. The Morgan fingerprint density at radius 3 is 2.53 bits per heavy atom. The van der Waals surface area contributed by atoms with Crippen LogP contribution in [0.5, 0.6) is 0 Å². The Morgan fingerprint density at radius 1 is 0.967 bits per heavy atom. The van der Waals surface area contributed by atoms with Crippen LogP contribution in [0.2, 0.25) is 0 Å². The summed E-state index contributed by atoms with van der Waals surface area (Å²) in [7, 11) is 0. The molecule has 1 unspecified atom stereocenters. The summed E-state index contributed by atoms with van der Waals surface area (Å²) >= 11 is 0. The minimum Gasteiger partial charge on any atom is -0.374 e. The average molecular weight is 415 g/mol. The largest absolute Gasteiger partial charge is 0.374 e. The van der Waals surface area contributed by atoms with E-state index in [4.69, 9.17) is 4.74 Å². The first kappa shape index (κ1) is 20.9. The maximum Gasteiger partial charge on any atom is 0.256 e. The van der Waals surface area contributed by atoms with Crippen molar-refractivity contribution in [2.45, 2.75) is 12.6 Å². The van der Waals surface area contributed by atoms with Crippen molar-refractivity contribution in [1.82, 2.24) is 14.7 Å². The molecular weight excluding hydrogens is 388 g/mol. The minimum absolute atomic E-state index is 0.0844. The van der Waals surface area contributed by atoms with Crippen LogP contribution in [0.4, 0.5) is 8.78 Å². The van der Waals surface area contributed by atoms with E-state index in [1.807, 2.05) is 6.07 Å². The van der Waals surface area contributed by atoms with Gasteiger partial charge in [-0.1, -0.05) is 24.3 Å². The third-order valence-electron chi connectivity index (χ3n) is 5.74. The van der Waals surface area contributed by atoms with E-state index in [0.717, 1.165) is 38.3 Å². The van der Waals surface area contributed by atoms with Crippen LogP contribution < -0.4 is 0 Å². The number of carbonyl (C=O) groups excluding carboxylic acids is 1. The van der Waals surface area contributed by atoms with E-state index in [1.165, 1.54) is 18.2 Å². The Labute approximate surface area is 175 Å². The van der Waals surface area contributed by atoms with Crippen molar-refractivity contribution in [3.05, 3.63) is 71.3 Å². The lowest BCUT2D eigenvalue weighted by Gasteiger charge is -2.39. The van der Waals surface area contributed by atoms with Crippen molar-refractivity contribution in [2.75, 3.05) is 52.4 Å². The normalized spacial score (nSPS) is 21.0. The number of hydrogen-bond donors (Lipinski definition) is 0. The molecule has 2 heterocycles. The van der Waals surface area contributed by atoms with Gasteiger partial charge >= 0.3 is 0 Å². The SMILES string of the molecule is O=C(c1ccccc1F)N1CCN(CC2CN(Cc3cccc(F)c3)CCO2)CC1. The minimum atomic E-state index is -0.473. The van der Waals surface area contributed by atoms with Crippen LogP contribution in [0.3, 0.4) is 0 Å². The van der Waals surface area contributed by atoms with Gasteiger partial charge in [-0.15, -0.1) is 0 Å². The van der Waals surface area contributed by atoms with E-state index < -0.39 is 5.82 Å². The van der Waals surface area contributed by atoms with Gasteiger partial charge in [-0.3, -0.25) is 14.6 Å². The lowest BCUT2D eigenvalue weighted by Crippen LogP contribution is -2.53. The smallest absolute Gasteiger partial charge is 0.256 e. The van der Waals surface area contributed by atoms with E-state index in [-0.39, 0.29) is 23.4 Å². The fourth-order valence-corrected chi connectivity index (χ4v) is 4.15. The van der Waals surface area contributed by atoms with Crippen LogP contribution in [0.15, 0.2) is 48.5 Å². The third-order valence-corrected chi connectivity index (χ3v) is 5.74. The van der Waals surface area contributed by atoms with Gasteiger partial charge in [0.2, 0.25) is 0 Å². The van der Waals surface area contributed by atoms with E-state index in [1.54, 1.807) is 29.2 Å². The second-order valence-electron chi connectivity index (χ2n) is 7.93. The quantitative estimate of drug-likeness (QED) is 0.752. The number of ether oxygens (including phenoxy) is 1. The lowest BCUT2D eigenvalue weighted by molar-refractivity contribution is -0.0497. The van der Waals surface area contributed by atoms with Crippen molar-refractivity contribution in [2.24, 2.45) is 0 Å². The number of piperazine rings is 1. The van der Waals surface area contributed by atoms with Crippen LogP contribution in [-0.2, 0) is 11.3 Å². The molecule has 1 amide bonds. The molecule has 4 rings (SSSR count). The number of hydrogen-bond acceptors (Lipinski definition) is 4. The molecular formula is C23H27F2N3O2. The number of halogens is 2. The molecule has 2 aromatic carbocycles. The highest BCUT2D eigenvalue weighted by Crippen LogP contribution is 2.15. The molecule has 7 heteroatoms. The number of rotatable bonds is 5. The van der Waals surface area contributed by atoms with Gasteiger partial charge in [0.05, 0.1) is 18.3 Å². The molecule has 2 aliphatic rings. The van der Waals surface area contributed by atoms with E-state index in [0.29, 0.717) is 26.2 Å². The fourth-order valence-electron chi connectivity index (χ4n) is 4.15. The molecule has 0 radical (unpaired) electrons. The van der Waals surface area contributed by atoms with Crippen molar-refractivity contribution in [1.29, 1.82) is 0 Å². The zero-order chi connectivity index (χ0) is 20.9. The van der Waals surface area contributed by atoms with Gasteiger partial charge in [0.15, 0.2) is 0 Å². The first-order valence-corrected chi connectivity index (χ1v) is 10.4. The molecule has 2 aromatic rings. The number of benzene rings is 2. The van der Waals surface area contributed by atoms with Gasteiger partial charge in [0.25, 0.3) is 5.91 Å². The number of carbonyl (C=O) groups is 1. The molecule has 5 nitrogen and oxygen atoms in total. The standard InChI is InChI=1S/C23H27F2N3O2/c24-19-5-3-4-18(14-19)15-27-12-13-30-20(17-27)16-26-8-10-28(11-9-26)23(29)21-6-1-2-7-22(21)25/h1-7,14,20H,8-13,15-17H2. The van der Waals surface area contributed by atoms with Crippen LogP contribution in [0.1, 0.15) is 15.9 Å². The molecule has 30 heavy (non-hydrogen) atoms. The summed E-state index contributed by atoms with van der Waals surface area (Å²) < 4.78 is 33.3. The van der Waals surface area contributed by atoms with Crippen molar-refractivity contribution in [3.63, 3.8) is 0 Å². The summed E-state index contributed by atoms with van der Waals surface area (Å²) in [5.41, 5.74) is 1.10. The van der Waals surface area contributed by atoms with Crippen LogP contribution in [0.25, 0.3) is 0 Å². The van der Waals surface area contributed by atoms with E-state index in [2.05, 4.69) is 9.80 Å². The van der Waals surface area contributed by atoms with Gasteiger partial charge in [0, 0.05) is 52.4 Å². The zero-order valence-electron chi connectivity index (χ0n) is 17.0. The molecule has 0 aliphatic carbocycles. The topological polar surface area (TPSA) is 36.0 Å². The van der Waals surface area contributed by atoms with Crippen molar-refractivity contribution < 1.29 is 18.3 Å². The summed E-state index contributed by atoms with van der Waals surface area (Å²) in [6.07, 6.45) is 0.0844. The Kier molecular flexibility index (Phi) is 6.72. The average Bonchev–Trinajstić information content (AvgIpc) is 2.74. The molecule has 2 saturated heterocycles. The predicted molar refractivity (Wildman–Crippen MR) is 110 cm³/mol. The molecule has 2 fully saturated rings. The Bertz CT molecular complexity index is 871. The van der Waals surface area contributed by atoms with Gasteiger partial charge in [-0.05, 0) is 29.8 Å². The highest BCUT2D eigenvalue weighted by molar-refractivity contribution is 5.94. The summed E-state index contributed by atoms with van der Waals surface area (Å²) in [6, 6.07) is 12.9. The summed E-state index contributed by atoms with van der Waals surface area (Å²) in [6.45, 7) is 6.42. The maximum atomic E-state index is 13.9. The Balaban J connectivity index is 1.25. The van der Waals surface area contributed by atoms with Gasteiger partial charge in [0.1, 0.15) is 11.6 Å². The zero-order valence-corrected chi connectivity index (χ0v) is 17.0. The first-order chi connectivity index (χ1) is 14.6. The van der Waals surface area contributed by atoms with E-state index >= 15 is 0 Å². The maximum absolute atomic E-state index is 13.9. The summed E-state index contributed by atoms with van der Waals surface area (Å²) in [5, 5.41) is 0. The monoisotopic (exact) mass is 415 g/mol.